The summed E-state index contributed by atoms with van der Waals surface area (Å²) in [6.07, 6.45) is 9.28. The Labute approximate surface area is 132 Å². The maximum Gasteiger partial charge on any atom is 0.0806 e. The molecule has 0 atom stereocenters. The van der Waals surface area contributed by atoms with E-state index >= 15 is 0 Å². The first-order valence-corrected chi connectivity index (χ1v) is 9.18. The van der Waals surface area contributed by atoms with Crippen molar-refractivity contribution in [3.05, 3.63) is 0 Å². The van der Waals surface area contributed by atoms with Gasteiger partial charge in [-0.15, -0.1) is 0 Å². The summed E-state index contributed by atoms with van der Waals surface area (Å²) >= 11 is 0. The molecule has 2 rings (SSSR count). The molecule has 0 aliphatic heterocycles. The second-order valence-electron chi connectivity index (χ2n) is 8.94. The van der Waals surface area contributed by atoms with Gasteiger partial charge in [0.15, 0.2) is 0 Å². The van der Waals surface area contributed by atoms with Gasteiger partial charge in [0, 0.05) is 19.2 Å². The van der Waals surface area contributed by atoms with Crippen molar-refractivity contribution in [1.82, 2.24) is 5.32 Å². The molecule has 0 saturated heterocycles. The number of hydrogen-bond donors (Lipinski definition) is 1. The van der Waals surface area contributed by atoms with Crippen LogP contribution in [-0.4, -0.2) is 24.8 Å². The summed E-state index contributed by atoms with van der Waals surface area (Å²) in [5, 5.41) is 3.64. The summed E-state index contributed by atoms with van der Waals surface area (Å²) in [6.45, 7) is 13.7. The molecule has 1 N–H and O–H groups in total. The summed E-state index contributed by atoms with van der Waals surface area (Å²) in [7, 11) is 0. The van der Waals surface area contributed by atoms with E-state index in [1.807, 2.05) is 0 Å². The predicted molar refractivity (Wildman–Crippen MR) is 90.6 cm³/mol. The van der Waals surface area contributed by atoms with Crippen molar-refractivity contribution in [2.75, 3.05) is 13.2 Å². The third-order valence-corrected chi connectivity index (χ3v) is 5.59. The van der Waals surface area contributed by atoms with Gasteiger partial charge in [-0.05, 0) is 49.4 Å². The quantitative estimate of drug-likeness (QED) is 0.730. The molecule has 0 radical (unpaired) electrons. The zero-order valence-corrected chi connectivity index (χ0v) is 15.0. The zero-order valence-electron chi connectivity index (χ0n) is 15.0. The number of hydrogen-bond acceptors (Lipinski definition) is 2. The van der Waals surface area contributed by atoms with Gasteiger partial charge < -0.3 is 10.1 Å². The van der Waals surface area contributed by atoms with Gasteiger partial charge in [-0.2, -0.15) is 0 Å². The van der Waals surface area contributed by atoms with Crippen LogP contribution in [0.15, 0.2) is 0 Å². The molecule has 21 heavy (non-hydrogen) atoms. The topological polar surface area (TPSA) is 21.3 Å². The number of nitrogens with one attached hydrogen (secondary N) is 1. The Bertz CT molecular complexity index is 306. The lowest BCUT2D eigenvalue weighted by molar-refractivity contribution is -0.0869. The smallest absolute Gasteiger partial charge is 0.0806 e. The first kappa shape index (κ1) is 17.3. The van der Waals surface area contributed by atoms with Crippen LogP contribution >= 0.6 is 0 Å². The molecule has 2 aliphatic carbocycles. The molecule has 2 fully saturated rings. The summed E-state index contributed by atoms with van der Waals surface area (Å²) in [4.78, 5) is 0. The van der Waals surface area contributed by atoms with E-state index in [0.717, 1.165) is 25.0 Å². The minimum atomic E-state index is 0.112. The second-order valence-corrected chi connectivity index (χ2v) is 8.94. The van der Waals surface area contributed by atoms with Crippen LogP contribution in [0.4, 0.5) is 0 Å². The first-order valence-electron chi connectivity index (χ1n) is 9.18. The molecule has 0 aromatic carbocycles. The Morgan fingerprint density at radius 3 is 2.19 bits per heavy atom. The van der Waals surface area contributed by atoms with Gasteiger partial charge in [0.1, 0.15) is 0 Å². The van der Waals surface area contributed by atoms with Crippen LogP contribution in [0.3, 0.4) is 0 Å². The van der Waals surface area contributed by atoms with E-state index in [1.165, 1.54) is 44.9 Å². The summed E-state index contributed by atoms with van der Waals surface area (Å²) in [5.41, 5.74) is 0.562. The van der Waals surface area contributed by atoms with Crippen molar-refractivity contribution in [3.63, 3.8) is 0 Å². The van der Waals surface area contributed by atoms with E-state index < -0.39 is 0 Å². The van der Waals surface area contributed by atoms with Crippen molar-refractivity contribution < 1.29 is 4.74 Å². The van der Waals surface area contributed by atoms with Gasteiger partial charge in [-0.1, -0.05) is 47.5 Å². The highest BCUT2D eigenvalue weighted by atomic mass is 16.5. The molecular formula is C19H37NO. The van der Waals surface area contributed by atoms with E-state index in [2.05, 4.69) is 39.9 Å². The van der Waals surface area contributed by atoms with Crippen LogP contribution in [0.5, 0.6) is 0 Å². The lowest BCUT2D eigenvalue weighted by Crippen LogP contribution is -2.48. The third-order valence-electron chi connectivity index (χ3n) is 5.59. The van der Waals surface area contributed by atoms with Gasteiger partial charge in [0.25, 0.3) is 0 Å². The van der Waals surface area contributed by atoms with E-state index in [1.54, 1.807) is 0 Å². The van der Waals surface area contributed by atoms with Crippen molar-refractivity contribution in [2.45, 2.75) is 91.2 Å². The third kappa shape index (κ3) is 5.56. The van der Waals surface area contributed by atoms with E-state index in [-0.39, 0.29) is 5.60 Å². The highest BCUT2D eigenvalue weighted by molar-refractivity contribution is 4.92. The number of rotatable bonds is 7. The van der Waals surface area contributed by atoms with E-state index in [9.17, 15) is 0 Å². The predicted octanol–water partition coefficient (Wildman–Crippen LogP) is 4.78. The van der Waals surface area contributed by atoms with Crippen LogP contribution in [-0.2, 0) is 4.74 Å². The SMILES string of the molecule is CC(C)NCC1(OCCC2CC2)CCC(C(C)(C)C)CC1. The summed E-state index contributed by atoms with van der Waals surface area (Å²) in [5.74, 6) is 1.84. The van der Waals surface area contributed by atoms with E-state index in [0.29, 0.717) is 11.5 Å². The summed E-state index contributed by atoms with van der Waals surface area (Å²) < 4.78 is 6.47. The largest absolute Gasteiger partial charge is 0.374 e. The minimum absolute atomic E-state index is 0.112. The van der Waals surface area contributed by atoms with Crippen molar-refractivity contribution in [2.24, 2.45) is 17.3 Å². The molecule has 0 bridgehead atoms. The molecule has 0 aromatic rings. The standard InChI is InChI=1S/C19H37NO/c1-15(2)20-14-19(21-13-10-16-6-7-16)11-8-17(9-12-19)18(3,4)5/h15-17,20H,6-14H2,1-5H3. The highest BCUT2D eigenvalue weighted by Gasteiger charge is 2.39. The van der Waals surface area contributed by atoms with Gasteiger partial charge in [-0.25, -0.2) is 0 Å². The molecule has 124 valence electrons. The number of ether oxygens (including phenoxy) is 1. The van der Waals surface area contributed by atoms with Crippen LogP contribution in [0.1, 0.15) is 79.6 Å². The summed E-state index contributed by atoms with van der Waals surface area (Å²) in [6, 6.07) is 0.550. The van der Waals surface area contributed by atoms with Crippen molar-refractivity contribution in [3.8, 4) is 0 Å². The molecule has 0 unspecified atom stereocenters. The molecule has 2 heteroatoms. The van der Waals surface area contributed by atoms with Crippen LogP contribution in [0.25, 0.3) is 0 Å². The highest BCUT2D eigenvalue weighted by Crippen LogP contribution is 2.43. The molecule has 2 nitrogen and oxygen atoms in total. The monoisotopic (exact) mass is 295 g/mol. The Morgan fingerprint density at radius 2 is 1.71 bits per heavy atom. The van der Waals surface area contributed by atoms with Crippen molar-refractivity contribution >= 4 is 0 Å². The van der Waals surface area contributed by atoms with Crippen LogP contribution in [0, 0.1) is 17.3 Å². The molecule has 2 saturated carbocycles. The van der Waals surface area contributed by atoms with Gasteiger partial charge in [0.05, 0.1) is 5.60 Å². The average Bonchev–Trinajstić information content (AvgIpc) is 3.20. The minimum Gasteiger partial charge on any atom is -0.374 e. The Hall–Kier alpha value is -0.0800. The Kier molecular flexibility index (Phi) is 5.76. The molecule has 0 aromatic heterocycles. The fourth-order valence-electron chi connectivity index (χ4n) is 3.62. The van der Waals surface area contributed by atoms with Gasteiger partial charge in [0.2, 0.25) is 0 Å². The molecule has 0 amide bonds. The van der Waals surface area contributed by atoms with Gasteiger partial charge in [-0.3, -0.25) is 0 Å². The second kappa shape index (κ2) is 7.00. The fourth-order valence-corrected chi connectivity index (χ4v) is 3.62. The maximum atomic E-state index is 6.47. The van der Waals surface area contributed by atoms with Crippen molar-refractivity contribution in [1.29, 1.82) is 0 Å². The first-order chi connectivity index (χ1) is 9.81. The maximum absolute atomic E-state index is 6.47. The molecule has 2 aliphatic rings. The molecular weight excluding hydrogens is 258 g/mol. The van der Waals surface area contributed by atoms with Gasteiger partial charge >= 0.3 is 0 Å². The normalized spacial score (nSPS) is 30.9. The lowest BCUT2D eigenvalue weighted by Gasteiger charge is -2.44. The van der Waals surface area contributed by atoms with Crippen LogP contribution in [0.2, 0.25) is 0 Å². The fraction of sp³-hybridized carbons (Fsp3) is 1.00. The lowest BCUT2D eigenvalue weighted by atomic mass is 9.68. The Morgan fingerprint density at radius 1 is 1.10 bits per heavy atom. The van der Waals surface area contributed by atoms with E-state index in [4.69, 9.17) is 4.74 Å². The molecule has 0 heterocycles. The van der Waals surface area contributed by atoms with Crippen LogP contribution < -0.4 is 5.32 Å². The Balaban J connectivity index is 1.86. The molecule has 0 spiro atoms. The zero-order chi connectivity index (χ0) is 15.5. The average molecular weight is 296 g/mol.